The number of nitrogens with two attached hydrogens (primary N) is 1. The molecule has 1 aromatic carbocycles. The third kappa shape index (κ3) is 4.49. The number of nitrogens with one attached hydrogen (secondary N) is 1. The molecule has 1 atom stereocenters. The van der Waals surface area contributed by atoms with Crippen LogP contribution in [0.25, 0.3) is 11.0 Å². The SMILES string of the molecule is C=CC(=O)N1CCC(n2nc(C(=O)Nc3ccc(CC(=O)N(C)C)c(F)c3C)c3c(N)ncnc32)C1. The lowest BCUT2D eigenvalue weighted by atomic mass is 10.0. The first-order valence-electron chi connectivity index (χ1n) is 11.3. The van der Waals surface area contributed by atoms with Gasteiger partial charge in [-0.05, 0) is 31.1 Å². The minimum absolute atomic E-state index is 0.0109. The highest BCUT2D eigenvalue weighted by Gasteiger charge is 2.31. The number of fused-ring (bicyclic) bond motifs is 1. The van der Waals surface area contributed by atoms with Gasteiger partial charge in [0.25, 0.3) is 5.91 Å². The number of likely N-dealkylation sites (tertiary alicyclic amines) is 1. The van der Waals surface area contributed by atoms with Crippen LogP contribution in [0.2, 0.25) is 0 Å². The molecule has 1 aliphatic heterocycles. The van der Waals surface area contributed by atoms with Gasteiger partial charge in [0.2, 0.25) is 11.8 Å². The van der Waals surface area contributed by atoms with Crippen molar-refractivity contribution in [3.63, 3.8) is 0 Å². The number of carbonyl (C=O) groups excluding carboxylic acids is 3. The van der Waals surface area contributed by atoms with Gasteiger partial charge in [-0.1, -0.05) is 12.6 Å². The zero-order valence-electron chi connectivity index (χ0n) is 20.3. The van der Waals surface area contributed by atoms with E-state index in [1.54, 1.807) is 29.7 Å². The lowest BCUT2D eigenvalue weighted by molar-refractivity contribution is -0.128. The second-order valence-electron chi connectivity index (χ2n) is 8.81. The molecule has 3 aromatic rings. The molecular formula is C24H27FN8O3. The summed E-state index contributed by atoms with van der Waals surface area (Å²) in [6, 6.07) is 2.79. The first kappa shape index (κ1) is 24.8. The number of hydrogen-bond donors (Lipinski definition) is 2. The fourth-order valence-electron chi connectivity index (χ4n) is 4.20. The van der Waals surface area contributed by atoms with Crippen LogP contribution in [0.1, 0.15) is 34.1 Å². The van der Waals surface area contributed by atoms with E-state index in [2.05, 4.69) is 27.0 Å². The smallest absolute Gasteiger partial charge is 0.277 e. The zero-order chi connectivity index (χ0) is 26.1. The maximum absolute atomic E-state index is 15.0. The maximum Gasteiger partial charge on any atom is 0.277 e. The van der Waals surface area contributed by atoms with Gasteiger partial charge in [0.05, 0.1) is 17.8 Å². The predicted octanol–water partition coefficient (Wildman–Crippen LogP) is 1.70. The van der Waals surface area contributed by atoms with Crippen LogP contribution in [0.3, 0.4) is 0 Å². The van der Waals surface area contributed by atoms with Crippen LogP contribution < -0.4 is 11.1 Å². The standard InChI is InChI=1S/C24H27FN8O3/c1-5-17(34)32-9-8-15(11-32)33-23-19(22(26)27-12-28-23)21(30-33)24(36)29-16-7-6-14(20(25)13(16)2)10-18(35)31(3)4/h5-7,12,15H,1,8-11H2,2-4H3,(H,29,36)(H2,26,27,28). The van der Waals surface area contributed by atoms with Gasteiger partial charge < -0.3 is 20.9 Å². The molecule has 11 nitrogen and oxygen atoms in total. The third-order valence-electron chi connectivity index (χ3n) is 6.28. The van der Waals surface area contributed by atoms with Gasteiger partial charge in [0.15, 0.2) is 11.3 Å². The molecule has 0 bridgehead atoms. The summed E-state index contributed by atoms with van der Waals surface area (Å²) in [7, 11) is 3.20. The van der Waals surface area contributed by atoms with Crippen LogP contribution in [0.4, 0.5) is 15.9 Å². The van der Waals surface area contributed by atoms with E-state index < -0.39 is 11.7 Å². The number of likely N-dealkylation sites (N-methyl/N-ethyl adjacent to an activating group) is 1. The number of carbonyl (C=O) groups is 3. The molecule has 188 valence electrons. The van der Waals surface area contributed by atoms with Gasteiger partial charge in [-0.25, -0.2) is 19.0 Å². The molecule has 2 aromatic heterocycles. The fourth-order valence-corrected chi connectivity index (χ4v) is 4.20. The fraction of sp³-hybridized carbons (Fsp3) is 0.333. The number of aromatic nitrogens is 4. The Morgan fingerprint density at radius 2 is 2.06 bits per heavy atom. The van der Waals surface area contributed by atoms with E-state index in [0.29, 0.717) is 25.2 Å². The molecular weight excluding hydrogens is 467 g/mol. The quantitative estimate of drug-likeness (QED) is 0.497. The van der Waals surface area contributed by atoms with Crippen LogP contribution in [0.5, 0.6) is 0 Å². The van der Waals surface area contributed by atoms with Crippen molar-refractivity contribution in [1.29, 1.82) is 0 Å². The Bertz CT molecular complexity index is 1380. The molecule has 3 amide bonds. The molecule has 3 N–H and O–H groups in total. The summed E-state index contributed by atoms with van der Waals surface area (Å²) in [5.74, 6) is -1.53. The van der Waals surface area contributed by atoms with Crippen molar-refractivity contribution in [2.75, 3.05) is 38.2 Å². The van der Waals surface area contributed by atoms with Crippen LogP contribution in [0.15, 0.2) is 31.1 Å². The van der Waals surface area contributed by atoms with Crippen LogP contribution >= 0.6 is 0 Å². The summed E-state index contributed by atoms with van der Waals surface area (Å²) in [4.78, 5) is 48.6. The zero-order valence-corrected chi connectivity index (χ0v) is 20.3. The van der Waals surface area contributed by atoms with E-state index >= 15 is 0 Å². The Hall–Kier alpha value is -4.35. The molecule has 0 radical (unpaired) electrons. The van der Waals surface area contributed by atoms with Crippen LogP contribution in [-0.2, 0) is 16.0 Å². The summed E-state index contributed by atoms with van der Waals surface area (Å²) >= 11 is 0. The number of nitrogens with zero attached hydrogens (tertiary/aromatic N) is 6. The lowest BCUT2D eigenvalue weighted by Crippen LogP contribution is -2.27. The van der Waals surface area contributed by atoms with E-state index in [1.807, 2.05) is 0 Å². The molecule has 0 aliphatic carbocycles. The van der Waals surface area contributed by atoms with Crippen molar-refractivity contribution >= 4 is 40.3 Å². The van der Waals surface area contributed by atoms with Crippen molar-refractivity contribution in [1.82, 2.24) is 29.5 Å². The lowest BCUT2D eigenvalue weighted by Gasteiger charge is -2.15. The minimum atomic E-state index is -0.614. The number of halogens is 1. The van der Waals surface area contributed by atoms with Gasteiger partial charge in [-0.15, -0.1) is 0 Å². The topological polar surface area (TPSA) is 139 Å². The highest BCUT2D eigenvalue weighted by molar-refractivity contribution is 6.13. The Labute approximate surface area is 206 Å². The molecule has 0 spiro atoms. The summed E-state index contributed by atoms with van der Waals surface area (Å²) < 4.78 is 16.6. The summed E-state index contributed by atoms with van der Waals surface area (Å²) in [6.45, 7) is 5.94. The van der Waals surface area contributed by atoms with E-state index in [-0.39, 0.29) is 58.0 Å². The number of nitrogen functional groups attached to an aromatic ring is 1. The van der Waals surface area contributed by atoms with Crippen molar-refractivity contribution in [3.8, 4) is 0 Å². The molecule has 36 heavy (non-hydrogen) atoms. The van der Waals surface area contributed by atoms with Gasteiger partial charge >= 0.3 is 0 Å². The van der Waals surface area contributed by atoms with Gasteiger partial charge in [-0.3, -0.25) is 14.4 Å². The minimum Gasteiger partial charge on any atom is -0.383 e. The Morgan fingerprint density at radius 1 is 1.31 bits per heavy atom. The summed E-state index contributed by atoms with van der Waals surface area (Å²) in [5.41, 5.74) is 7.10. The number of amides is 3. The molecule has 1 aliphatic rings. The normalized spacial score (nSPS) is 15.2. The van der Waals surface area contributed by atoms with E-state index in [9.17, 15) is 18.8 Å². The van der Waals surface area contributed by atoms with Gasteiger partial charge in [0, 0.05) is 38.4 Å². The third-order valence-corrected chi connectivity index (χ3v) is 6.28. The highest BCUT2D eigenvalue weighted by Crippen LogP contribution is 2.30. The second-order valence-corrected chi connectivity index (χ2v) is 8.81. The average molecular weight is 495 g/mol. The molecule has 12 heteroatoms. The van der Waals surface area contributed by atoms with Gasteiger partial charge in [-0.2, -0.15) is 5.10 Å². The number of anilines is 2. The largest absolute Gasteiger partial charge is 0.383 e. The first-order chi connectivity index (χ1) is 17.1. The Morgan fingerprint density at radius 3 is 2.75 bits per heavy atom. The predicted molar refractivity (Wildman–Crippen MR) is 132 cm³/mol. The maximum atomic E-state index is 15.0. The molecule has 1 saturated heterocycles. The van der Waals surface area contributed by atoms with Crippen molar-refractivity contribution in [3.05, 3.63) is 53.8 Å². The number of hydrogen-bond acceptors (Lipinski definition) is 7. The average Bonchev–Trinajstić information content (AvgIpc) is 3.49. The second kappa shape index (κ2) is 9.72. The van der Waals surface area contributed by atoms with Crippen molar-refractivity contribution in [2.45, 2.75) is 25.8 Å². The number of benzene rings is 1. The van der Waals surface area contributed by atoms with E-state index in [1.165, 1.54) is 30.3 Å². The summed E-state index contributed by atoms with van der Waals surface area (Å²) in [6.07, 6.45) is 3.06. The van der Waals surface area contributed by atoms with Crippen LogP contribution in [-0.4, -0.2) is 74.5 Å². The molecule has 3 heterocycles. The molecule has 1 unspecified atom stereocenters. The summed E-state index contributed by atoms with van der Waals surface area (Å²) in [5, 5.41) is 7.45. The highest BCUT2D eigenvalue weighted by atomic mass is 19.1. The monoisotopic (exact) mass is 494 g/mol. The Balaban J connectivity index is 1.65. The van der Waals surface area contributed by atoms with Crippen molar-refractivity contribution in [2.24, 2.45) is 0 Å². The number of rotatable bonds is 6. The molecule has 0 saturated carbocycles. The Kier molecular flexibility index (Phi) is 6.69. The van der Waals surface area contributed by atoms with E-state index in [4.69, 9.17) is 5.73 Å². The van der Waals surface area contributed by atoms with Gasteiger partial charge in [0.1, 0.15) is 18.0 Å². The molecule has 4 rings (SSSR count). The van der Waals surface area contributed by atoms with E-state index in [0.717, 1.165) is 0 Å². The molecule has 1 fully saturated rings. The van der Waals surface area contributed by atoms with Crippen LogP contribution in [0, 0.1) is 12.7 Å². The van der Waals surface area contributed by atoms with Crippen molar-refractivity contribution < 1.29 is 18.8 Å². The first-order valence-corrected chi connectivity index (χ1v) is 11.3.